The Labute approximate surface area is 730 Å². The number of nitrogens with zero attached hydrogens (tertiary/aromatic N) is 1. The van der Waals surface area contributed by atoms with E-state index in [9.17, 15) is 49.6 Å². The van der Waals surface area contributed by atoms with Crippen LogP contribution in [0.5, 0.6) is 51.7 Å². The standard InChI is InChI=1S/C26H30N2O7S.C26H28N2O5S.C25H28N2O7S.CH4O.B.Cl3OP.HI.Na.H2.H/c1-27-22-15-18(9-11-23(22)33-2)13-14-28-25(30)16-19-10-12-24(34-3)26(21(19)17-29)35-36(31,32)20-7-5-4-6-8-20;1-27-22-13-18-11-12-28-16-21-17(14-23(28)20(18)15-25(22)32-3)9-10-24(31-2)26(21)33-34(29,30)19-7-5-4-6-8-19;1-32-22-10-8-17(14-21(22)26)12-13-27-24(29)15-18-9-11-23(33-2)25(20(18)16-28)34-35(30,31)19-6-4-3-5-7-19;1-2;;1-5(2,3)4;;;;/h4-12,15,27,29H,13-14,16-17H2,1-3H3,(H,28,30);4-10,13,15,23,27H,11-12,14,16H2,1-3H3;3-11,14,28H,12-13,15-16,26H2,1-2H3,(H,27,29);2H,1H3;;;1H;;1H;/q;;;;;;;+1;;-1. The van der Waals surface area contributed by atoms with Gasteiger partial charge >= 0.3 is 65.1 Å². The Hall–Kier alpha value is -7.90. The molecule has 9 aromatic rings. The molecule has 1 unspecified atom stereocenters. The van der Waals surface area contributed by atoms with E-state index in [4.69, 9.17) is 51.8 Å². The van der Waals surface area contributed by atoms with Crippen molar-refractivity contribution in [1.82, 2.24) is 15.5 Å². The summed E-state index contributed by atoms with van der Waals surface area (Å²) in [4.78, 5) is 27.6. The summed E-state index contributed by atoms with van der Waals surface area (Å²) in [6, 6.07) is 49.1. The van der Waals surface area contributed by atoms with Crippen LogP contribution in [0.3, 0.4) is 0 Å². The molecule has 0 saturated heterocycles. The summed E-state index contributed by atoms with van der Waals surface area (Å²) in [6.07, 6.45) is 2.64. The van der Waals surface area contributed by atoms with Crippen molar-refractivity contribution in [3.8, 4) is 51.7 Å². The van der Waals surface area contributed by atoms with Gasteiger partial charge in [0.25, 0.3) is 0 Å². The second kappa shape index (κ2) is 47.5. The molecule has 0 aliphatic carbocycles. The molecule has 0 bridgehead atoms. The van der Waals surface area contributed by atoms with E-state index in [1.807, 2.05) is 37.4 Å². The number of anilines is 3. The molecule has 0 spiro atoms. The van der Waals surface area contributed by atoms with Crippen LogP contribution in [-0.4, -0.2) is 149 Å². The Morgan fingerprint density at radius 2 is 0.904 bits per heavy atom. The molecule has 0 fully saturated rings. The van der Waals surface area contributed by atoms with Crippen LogP contribution in [0.2, 0.25) is 0 Å². The summed E-state index contributed by atoms with van der Waals surface area (Å²) in [7, 11) is 1.41. The summed E-state index contributed by atoms with van der Waals surface area (Å²) >= 11 is 13.8. The second-order valence-electron chi connectivity index (χ2n) is 24.3. The zero-order valence-electron chi connectivity index (χ0n) is 65.8. The average molecular weight is 1850 g/mol. The Balaban J connectivity index is 0.000000560. The number of hydrogen-bond donors (Lipinski definition) is 8. The van der Waals surface area contributed by atoms with Crippen molar-refractivity contribution in [3.05, 3.63) is 232 Å². The maximum absolute atomic E-state index is 13.0. The molecular weight excluding hydrogens is 1750 g/mol. The molecule has 0 saturated carbocycles. The number of nitrogens with two attached hydrogens (primary N) is 1. The van der Waals surface area contributed by atoms with Crippen molar-refractivity contribution in [2.24, 2.45) is 0 Å². The number of benzene rings is 9. The summed E-state index contributed by atoms with van der Waals surface area (Å²) in [5.41, 5.74) is 15.9. The molecule has 2 aliphatic heterocycles. The van der Waals surface area contributed by atoms with Gasteiger partial charge < -0.3 is 84.7 Å². The van der Waals surface area contributed by atoms with Crippen LogP contribution in [-0.2, 0) is 103 Å². The maximum Gasteiger partial charge on any atom is 1.00 e. The Morgan fingerprint density at radius 3 is 1.30 bits per heavy atom. The van der Waals surface area contributed by atoms with Gasteiger partial charge in [-0.1, -0.05) is 84.9 Å². The predicted molar refractivity (Wildman–Crippen MR) is 455 cm³/mol. The van der Waals surface area contributed by atoms with Crippen molar-refractivity contribution >= 4 is 131 Å². The monoisotopic (exact) mass is 1840 g/mol. The van der Waals surface area contributed by atoms with Gasteiger partial charge in [0.05, 0.1) is 85.8 Å². The van der Waals surface area contributed by atoms with Gasteiger partial charge in [0.15, 0.2) is 34.5 Å². The maximum atomic E-state index is 13.0. The molecule has 2 amide bonds. The van der Waals surface area contributed by atoms with Crippen LogP contribution in [0.1, 0.15) is 64.5 Å². The molecule has 0 aromatic heterocycles. The van der Waals surface area contributed by atoms with Crippen molar-refractivity contribution in [2.45, 2.75) is 79.0 Å². The number of carbonyl (C=O) groups is 2. The number of amides is 2. The molecule has 27 nitrogen and oxygen atoms in total. The van der Waals surface area contributed by atoms with Gasteiger partial charge in [0.1, 0.15) is 31.9 Å². The smallest absolute Gasteiger partial charge is 1.00 e. The van der Waals surface area contributed by atoms with E-state index in [0.29, 0.717) is 60.8 Å². The minimum absolute atomic E-state index is 0. The van der Waals surface area contributed by atoms with E-state index in [0.717, 1.165) is 71.6 Å². The Bertz CT molecular complexity index is 5110. The number of halogens is 4. The van der Waals surface area contributed by atoms with E-state index >= 15 is 0 Å². The minimum Gasteiger partial charge on any atom is -1.00 e. The largest absolute Gasteiger partial charge is 1.00 e. The van der Waals surface area contributed by atoms with Gasteiger partial charge in [-0.15, -0.1) is 24.0 Å². The number of methoxy groups -OCH3 is 6. The first-order chi connectivity index (χ1) is 53.6. The predicted octanol–water partition coefficient (Wildman–Crippen LogP) is 9.54. The van der Waals surface area contributed by atoms with Gasteiger partial charge in [-0.05, 0) is 189 Å². The summed E-state index contributed by atoms with van der Waals surface area (Å²) in [6.45, 7) is 1.11. The van der Waals surface area contributed by atoms with Crippen molar-refractivity contribution < 1.29 is 128 Å². The van der Waals surface area contributed by atoms with Crippen molar-refractivity contribution in [2.75, 3.05) is 99.9 Å². The average Bonchev–Trinajstić information content (AvgIpc) is 0.747. The molecule has 1 atom stereocenters. The third-order valence-electron chi connectivity index (χ3n) is 17.6. The molecule has 115 heavy (non-hydrogen) atoms. The first-order valence-corrected chi connectivity index (χ1v) is 43.0. The van der Waals surface area contributed by atoms with Crippen LogP contribution < -0.4 is 97.5 Å². The Kier molecular flexibility index (Phi) is 41.1. The number of hydrogen-bond acceptors (Lipinski definition) is 25. The van der Waals surface area contributed by atoms with Crippen LogP contribution in [0.25, 0.3) is 0 Å². The topological polar surface area (TPSA) is 375 Å². The van der Waals surface area contributed by atoms with Crippen LogP contribution in [0.4, 0.5) is 17.1 Å². The SMILES string of the molecule is CNc1cc(CCNC(=O)Cc2ccc(OC)c(OS(=O)(=O)c3ccccc3)c2CO)ccc1OC.CNc1cc2c(cc1OC)C1Cc3ccc(OC)c(OS(=O)(=O)c4ccccc4)c3CN1CC2.CO.COc1ccc(CCNC(=O)Cc2ccc(OC)c(OS(=O)(=O)c3ccccc3)c2CO)cc1N.I.O=P(Cl)(Cl)Cl.[B].[H-].[HH].[Na+]. The van der Waals surface area contributed by atoms with E-state index in [1.54, 1.807) is 113 Å². The minimum atomic E-state index is -4.19. The van der Waals surface area contributed by atoms with Crippen molar-refractivity contribution in [3.63, 3.8) is 0 Å². The number of aliphatic hydroxyl groups excluding tert-OH is 3. The Morgan fingerprint density at radius 1 is 0.530 bits per heavy atom. The molecule has 3 radical (unpaired) electrons. The third-order valence-corrected chi connectivity index (χ3v) is 21.3. The normalized spacial score (nSPS) is 12.5. The van der Waals surface area contributed by atoms with Gasteiger partial charge in [0.2, 0.25) is 11.8 Å². The number of nitrogen functional groups attached to an aromatic ring is 1. The number of aliphatic hydroxyl groups is 3. The number of carbonyl (C=O) groups excluding carboxylic acids is 2. The number of nitrogens with one attached hydrogen (secondary N) is 4. The van der Waals surface area contributed by atoms with E-state index in [2.05, 4.69) is 72.0 Å². The first kappa shape index (κ1) is 99.5. The van der Waals surface area contributed by atoms with Crippen LogP contribution in [0.15, 0.2) is 191 Å². The molecule has 617 valence electrons. The van der Waals surface area contributed by atoms with Gasteiger partial charge in [-0.2, -0.15) is 25.3 Å². The summed E-state index contributed by atoms with van der Waals surface area (Å²) in [5.74, 6) is 2.18. The molecule has 11 rings (SSSR count). The third kappa shape index (κ3) is 27.9. The summed E-state index contributed by atoms with van der Waals surface area (Å²) < 4.78 is 135. The zero-order valence-corrected chi connectivity index (χ0v) is 74.8. The molecule has 9 N–H and O–H groups in total. The van der Waals surface area contributed by atoms with E-state index in [-0.39, 0.29) is 150 Å². The van der Waals surface area contributed by atoms with Gasteiger partial charge in [0, 0.05) is 80.0 Å². The quantitative estimate of drug-likeness (QED) is 0.00710. The van der Waals surface area contributed by atoms with Crippen LogP contribution >= 0.6 is 62.9 Å². The van der Waals surface area contributed by atoms with Crippen LogP contribution in [0, 0.1) is 0 Å². The molecular formula is C78H94BCl3IN6NaO21PS3. The zero-order chi connectivity index (χ0) is 81.9. The summed E-state index contributed by atoms with van der Waals surface area (Å²) in [5, 5.41) is 35.8. The molecule has 37 heteroatoms. The number of ether oxygens (including phenoxy) is 6. The fourth-order valence-corrected chi connectivity index (χ4v) is 15.1. The second-order valence-corrected chi connectivity index (χ2v) is 35.6. The van der Waals surface area contributed by atoms with Gasteiger partial charge in [-0.3, -0.25) is 19.1 Å². The molecule has 2 aliphatic rings. The first-order valence-electron chi connectivity index (χ1n) is 34.4. The van der Waals surface area contributed by atoms with Crippen molar-refractivity contribution in [1.29, 1.82) is 0 Å². The van der Waals surface area contributed by atoms with Gasteiger partial charge in [-0.25, -0.2) is 0 Å². The fraction of sp³-hybridized carbons (Fsp3) is 0.282. The molecule has 9 aromatic carbocycles. The van der Waals surface area contributed by atoms with E-state index < -0.39 is 48.8 Å². The number of rotatable bonds is 29. The number of fused-ring (bicyclic) bond motifs is 4. The molecule has 2 heterocycles. The van der Waals surface area contributed by atoms with E-state index in [1.165, 1.54) is 81.0 Å². The fourth-order valence-electron chi connectivity index (χ4n) is 12.2.